The largest absolute Gasteiger partial charge is 0.329 e. The molecule has 5 heteroatoms. The predicted molar refractivity (Wildman–Crippen MR) is 101 cm³/mol. The van der Waals surface area contributed by atoms with Gasteiger partial charge < -0.3 is 4.57 Å². The number of hydrazone groups is 1. The number of aromatic nitrogens is 2. The van der Waals surface area contributed by atoms with Crippen LogP contribution in [0.5, 0.6) is 0 Å². The van der Waals surface area contributed by atoms with Crippen LogP contribution in [0.4, 0.5) is 0 Å². The number of aryl methyl sites for hydroxylation is 3. The lowest BCUT2D eigenvalue weighted by Crippen LogP contribution is -2.19. The summed E-state index contributed by atoms with van der Waals surface area (Å²) in [5.74, 6) is 0.709. The zero-order chi connectivity index (χ0) is 18.0. The number of nitrogens with one attached hydrogen (secondary N) is 1. The van der Waals surface area contributed by atoms with Gasteiger partial charge >= 0.3 is 0 Å². The lowest BCUT2D eigenvalue weighted by molar-refractivity contribution is 0.0955. The summed E-state index contributed by atoms with van der Waals surface area (Å²) in [5.41, 5.74) is 7.98. The first-order chi connectivity index (χ1) is 12.0. The molecule has 1 aromatic heterocycles. The molecule has 1 amide bonds. The van der Waals surface area contributed by atoms with Crippen molar-refractivity contribution in [2.24, 2.45) is 5.10 Å². The van der Waals surface area contributed by atoms with Crippen LogP contribution in [-0.2, 0) is 6.54 Å². The first-order valence-electron chi connectivity index (χ1n) is 8.38. The van der Waals surface area contributed by atoms with Crippen molar-refractivity contribution in [1.82, 2.24) is 15.0 Å². The van der Waals surface area contributed by atoms with E-state index in [2.05, 4.69) is 27.0 Å². The van der Waals surface area contributed by atoms with Crippen molar-refractivity contribution in [1.29, 1.82) is 0 Å². The average molecular weight is 334 g/mol. The summed E-state index contributed by atoms with van der Waals surface area (Å²) in [6, 6.07) is 13.6. The molecule has 0 saturated heterocycles. The third-order valence-corrected chi connectivity index (χ3v) is 4.31. The van der Waals surface area contributed by atoms with Gasteiger partial charge in [-0.1, -0.05) is 29.8 Å². The van der Waals surface area contributed by atoms with Gasteiger partial charge in [0.05, 0.1) is 16.7 Å². The number of carbonyl (C=O) groups is 1. The Hall–Kier alpha value is -2.95. The van der Waals surface area contributed by atoms with Crippen LogP contribution in [0.1, 0.15) is 41.2 Å². The smallest absolute Gasteiger partial charge is 0.271 e. The Labute approximate surface area is 147 Å². The van der Waals surface area contributed by atoms with Crippen LogP contribution in [0.2, 0.25) is 0 Å². The van der Waals surface area contributed by atoms with Crippen LogP contribution < -0.4 is 5.43 Å². The minimum absolute atomic E-state index is 0.239. The number of fused-ring (bicyclic) bond motifs is 1. The summed E-state index contributed by atoms with van der Waals surface area (Å²) in [4.78, 5) is 16.9. The molecule has 2 aromatic carbocycles. The standard InChI is InChI=1S/C20H22N4O/c1-5-24-15(4)21-18-12-17(10-11-19(18)24)20(25)23-22-14(3)16-8-6-13(2)7-9-16/h6-12H,5H2,1-4H3,(H,23,25). The number of nitrogens with zero attached hydrogens (tertiary/aromatic N) is 3. The molecule has 5 nitrogen and oxygen atoms in total. The molecule has 0 aliphatic carbocycles. The molecule has 3 rings (SSSR count). The number of imidazole rings is 1. The van der Waals surface area contributed by atoms with Crippen LogP contribution in [-0.4, -0.2) is 21.2 Å². The molecule has 0 fully saturated rings. The predicted octanol–water partition coefficient (Wildman–Crippen LogP) is 3.83. The van der Waals surface area contributed by atoms with E-state index in [0.29, 0.717) is 5.56 Å². The highest BCUT2D eigenvalue weighted by Crippen LogP contribution is 2.17. The van der Waals surface area contributed by atoms with E-state index < -0.39 is 0 Å². The second-order valence-electron chi connectivity index (χ2n) is 6.11. The number of carbonyl (C=O) groups excluding carboxylic acids is 1. The van der Waals surface area contributed by atoms with Crippen molar-refractivity contribution in [3.05, 3.63) is 65.0 Å². The first kappa shape index (κ1) is 16.9. The fourth-order valence-electron chi connectivity index (χ4n) is 2.85. The van der Waals surface area contributed by atoms with Crippen molar-refractivity contribution in [3.8, 4) is 0 Å². The number of amides is 1. The van der Waals surface area contributed by atoms with E-state index in [1.807, 2.05) is 57.2 Å². The minimum atomic E-state index is -0.239. The van der Waals surface area contributed by atoms with Gasteiger partial charge in [0, 0.05) is 12.1 Å². The van der Waals surface area contributed by atoms with Crippen LogP contribution >= 0.6 is 0 Å². The third kappa shape index (κ3) is 3.45. The van der Waals surface area contributed by atoms with Gasteiger partial charge in [-0.15, -0.1) is 0 Å². The Balaban J connectivity index is 1.80. The molecule has 0 aliphatic heterocycles. The summed E-state index contributed by atoms with van der Waals surface area (Å²) in [7, 11) is 0. The lowest BCUT2D eigenvalue weighted by atomic mass is 10.1. The third-order valence-electron chi connectivity index (χ3n) is 4.31. The highest BCUT2D eigenvalue weighted by molar-refractivity contribution is 6.01. The highest BCUT2D eigenvalue weighted by Gasteiger charge is 2.10. The summed E-state index contributed by atoms with van der Waals surface area (Å²) in [5, 5.41) is 4.21. The Morgan fingerprint density at radius 2 is 1.80 bits per heavy atom. The summed E-state index contributed by atoms with van der Waals surface area (Å²) >= 11 is 0. The number of hydrogen-bond acceptors (Lipinski definition) is 3. The molecule has 0 spiro atoms. The van der Waals surface area contributed by atoms with Crippen LogP contribution in [0.15, 0.2) is 47.6 Å². The van der Waals surface area contributed by atoms with E-state index in [0.717, 1.165) is 34.7 Å². The van der Waals surface area contributed by atoms with Crippen LogP contribution in [0.25, 0.3) is 11.0 Å². The van der Waals surface area contributed by atoms with Gasteiger partial charge in [0.25, 0.3) is 5.91 Å². The molecule has 3 aromatic rings. The van der Waals surface area contributed by atoms with E-state index in [1.165, 1.54) is 5.56 Å². The maximum absolute atomic E-state index is 12.4. The van der Waals surface area contributed by atoms with Crippen molar-refractivity contribution >= 4 is 22.7 Å². The van der Waals surface area contributed by atoms with E-state index in [-0.39, 0.29) is 5.91 Å². The molecular formula is C20H22N4O. The van der Waals surface area contributed by atoms with E-state index in [1.54, 1.807) is 6.07 Å². The van der Waals surface area contributed by atoms with Crippen molar-refractivity contribution < 1.29 is 4.79 Å². The maximum Gasteiger partial charge on any atom is 0.271 e. The quantitative estimate of drug-likeness (QED) is 0.582. The topological polar surface area (TPSA) is 59.3 Å². The molecule has 1 N–H and O–H groups in total. The average Bonchev–Trinajstić information content (AvgIpc) is 2.93. The first-order valence-corrected chi connectivity index (χ1v) is 8.38. The van der Waals surface area contributed by atoms with Crippen LogP contribution in [0, 0.1) is 13.8 Å². The second kappa shape index (κ2) is 6.89. The lowest BCUT2D eigenvalue weighted by Gasteiger charge is -2.05. The van der Waals surface area contributed by atoms with Gasteiger partial charge in [-0.25, -0.2) is 10.4 Å². The van der Waals surface area contributed by atoms with Crippen molar-refractivity contribution in [3.63, 3.8) is 0 Å². The Morgan fingerprint density at radius 1 is 1.12 bits per heavy atom. The van der Waals surface area contributed by atoms with Gasteiger partial charge in [-0.05, 0) is 51.5 Å². The van der Waals surface area contributed by atoms with Crippen molar-refractivity contribution in [2.45, 2.75) is 34.2 Å². The molecule has 0 bridgehead atoms. The summed E-state index contributed by atoms with van der Waals surface area (Å²) in [6.07, 6.45) is 0. The Bertz CT molecular complexity index is 952. The number of hydrogen-bond donors (Lipinski definition) is 1. The molecule has 0 atom stereocenters. The zero-order valence-corrected chi connectivity index (χ0v) is 15.0. The SMILES string of the molecule is CCn1c(C)nc2cc(C(=O)NN=C(C)c3ccc(C)cc3)ccc21. The number of rotatable bonds is 4. The summed E-state index contributed by atoms with van der Waals surface area (Å²) in [6.45, 7) is 8.82. The molecule has 0 unspecified atom stereocenters. The van der Waals surface area contributed by atoms with E-state index in [4.69, 9.17) is 0 Å². The molecule has 1 heterocycles. The molecule has 0 saturated carbocycles. The normalized spacial score (nSPS) is 11.8. The van der Waals surface area contributed by atoms with Crippen molar-refractivity contribution in [2.75, 3.05) is 0 Å². The molecular weight excluding hydrogens is 312 g/mol. The Kier molecular flexibility index (Phi) is 4.65. The molecule has 0 radical (unpaired) electrons. The Morgan fingerprint density at radius 3 is 2.48 bits per heavy atom. The van der Waals surface area contributed by atoms with E-state index >= 15 is 0 Å². The van der Waals surface area contributed by atoms with Gasteiger partial charge in [0.15, 0.2) is 0 Å². The van der Waals surface area contributed by atoms with Gasteiger partial charge in [0.1, 0.15) is 5.82 Å². The second-order valence-corrected chi connectivity index (χ2v) is 6.11. The van der Waals surface area contributed by atoms with Gasteiger partial charge in [-0.3, -0.25) is 4.79 Å². The fraction of sp³-hybridized carbons (Fsp3) is 0.250. The maximum atomic E-state index is 12.4. The zero-order valence-electron chi connectivity index (χ0n) is 15.0. The minimum Gasteiger partial charge on any atom is -0.329 e. The highest BCUT2D eigenvalue weighted by atomic mass is 16.2. The van der Waals surface area contributed by atoms with E-state index in [9.17, 15) is 4.79 Å². The van der Waals surface area contributed by atoms with Gasteiger partial charge in [0.2, 0.25) is 0 Å². The molecule has 128 valence electrons. The van der Waals surface area contributed by atoms with Crippen LogP contribution in [0.3, 0.4) is 0 Å². The monoisotopic (exact) mass is 334 g/mol. The molecule has 25 heavy (non-hydrogen) atoms. The van der Waals surface area contributed by atoms with Gasteiger partial charge in [-0.2, -0.15) is 5.10 Å². The molecule has 0 aliphatic rings. The summed E-state index contributed by atoms with van der Waals surface area (Å²) < 4.78 is 2.12. The fourth-order valence-corrected chi connectivity index (χ4v) is 2.85. The number of benzene rings is 2.